The van der Waals surface area contributed by atoms with Gasteiger partial charge in [0.25, 0.3) is 5.56 Å². The molecule has 1 aromatic heterocycles. The summed E-state index contributed by atoms with van der Waals surface area (Å²) in [5, 5.41) is 1.36. The first kappa shape index (κ1) is 12.2. The largest absolute Gasteiger partial charge is 0.301 e. The molecule has 0 bridgehead atoms. The van der Waals surface area contributed by atoms with Gasteiger partial charge in [-0.3, -0.25) is 4.79 Å². The van der Waals surface area contributed by atoms with E-state index >= 15 is 0 Å². The van der Waals surface area contributed by atoms with Crippen LogP contribution < -0.4 is 5.56 Å². The van der Waals surface area contributed by atoms with Crippen LogP contribution in [0.25, 0.3) is 0 Å². The third-order valence-corrected chi connectivity index (χ3v) is 3.45. The Kier molecular flexibility index (Phi) is 3.86. The molecule has 0 amide bonds. The minimum atomic E-state index is -0.0846. The van der Waals surface area contributed by atoms with E-state index in [1.54, 1.807) is 13.1 Å². The highest BCUT2D eigenvalue weighted by molar-refractivity contribution is 7.98. The van der Waals surface area contributed by atoms with Gasteiger partial charge in [0.15, 0.2) is 5.16 Å². The fourth-order valence-corrected chi connectivity index (χ4v) is 2.16. The maximum atomic E-state index is 11.4. The van der Waals surface area contributed by atoms with Gasteiger partial charge in [-0.25, -0.2) is 4.98 Å². The fraction of sp³-hybridized carbons (Fsp3) is 0.167. The zero-order valence-electron chi connectivity index (χ0n) is 9.24. The lowest BCUT2D eigenvalue weighted by atomic mass is 10.2. The van der Waals surface area contributed by atoms with E-state index in [0.717, 1.165) is 16.3 Å². The average molecular weight is 267 g/mol. The molecule has 0 saturated carbocycles. The molecule has 0 aliphatic carbocycles. The Morgan fingerprint density at radius 2 is 2.06 bits per heavy atom. The predicted octanol–water partition coefficient (Wildman–Crippen LogP) is 3.02. The van der Waals surface area contributed by atoms with Gasteiger partial charge in [0.2, 0.25) is 0 Å². The Morgan fingerprint density at radius 1 is 1.35 bits per heavy atom. The van der Waals surface area contributed by atoms with Gasteiger partial charge in [0.05, 0.1) is 0 Å². The molecular weight excluding hydrogens is 256 g/mol. The van der Waals surface area contributed by atoms with E-state index in [0.29, 0.717) is 10.7 Å². The number of thioether (sulfide) groups is 1. The molecule has 0 radical (unpaired) electrons. The van der Waals surface area contributed by atoms with Gasteiger partial charge in [0.1, 0.15) is 0 Å². The molecule has 1 heterocycles. The van der Waals surface area contributed by atoms with Crippen LogP contribution in [-0.2, 0) is 5.75 Å². The maximum absolute atomic E-state index is 11.4. The van der Waals surface area contributed by atoms with Crippen molar-refractivity contribution in [3.63, 3.8) is 0 Å². The predicted molar refractivity (Wildman–Crippen MR) is 70.6 cm³/mol. The number of H-pyrrole nitrogens is 1. The number of rotatable bonds is 3. The molecule has 3 nitrogen and oxygen atoms in total. The Morgan fingerprint density at radius 3 is 2.71 bits per heavy atom. The normalized spacial score (nSPS) is 10.5. The topological polar surface area (TPSA) is 45.8 Å². The van der Waals surface area contributed by atoms with E-state index in [1.807, 2.05) is 24.3 Å². The van der Waals surface area contributed by atoms with Crippen LogP contribution in [0.1, 0.15) is 11.1 Å². The molecule has 0 aliphatic rings. The van der Waals surface area contributed by atoms with Crippen molar-refractivity contribution >= 4 is 23.4 Å². The number of aromatic amines is 1. The zero-order valence-corrected chi connectivity index (χ0v) is 10.8. The highest BCUT2D eigenvalue weighted by atomic mass is 35.5. The summed E-state index contributed by atoms with van der Waals surface area (Å²) in [4.78, 5) is 18.2. The van der Waals surface area contributed by atoms with Gasteiger partial charge in [0, 0.05) is 22.5 Å². The van der Waals surface area contributed by atoms with Gasteiger partial charge in [-0.05, 0) is 24.6 Å². The molecule has 0 spiro atoms. The number of aryl methyl sites for hydroxylation is 1. The smallest absolute Gasteiger partial charge is 0.254 e. The van der Waals surface area contributed by atoms with Crippen LogP contribution in [0.4, 0.5) is 0 Å². The van der Waals surface area contributed by atoms with E-state index in [9.17, 15) is 4.79 Å². The van der Waals surface area contributed by atoms with Crippen LogP contribution in [0.15, 0.2) is 40.4 Å². The number of nitrogens with zero attached hydrogens (tertiary/aromatic N) is 1. The Bertz CT molecular complexity index is 565. The Balaban J connectivity index is 2.04. The minimum Gasteiger partial charge on any atom is -0.301 e. The standard InChI is InChI=1S/C12H11ClN2OS/c1-8-6-14-12(15-11(8)16)17-7-9-2-4-10(13)5-3-9/h2-6H,7H2,1H3,(H,14,15,16). The zero-order chi connectivity index (χ0) is 12.3. The number of aromatic nitrogens is 2. The lowest BCUT2D eigenvalue weighted by molar-refractivity contribution is 0.917. The average Bonchev–Trinajstić information content (AvgIpc) is 2.33. The molecule has 5 heteroatoms. The van der Waals surface area contributed by atoms with Crippen molar-refractivity contribution in [3.05, 3.63) is 57.0 Å². The number of hydrogen-bond acceptors (Lipinski definition) is 3. The quantitative estimate of drug-likeness (QED) is 0.686. The SMILES string of the molecule is Cc1cnc(SCc2ccc(Cl)cc2)[nH]c1=O. The molecule has 2 aromatic rings. The van der Waals surface area contributed by atoms with Crippen molar-refractivity contribution in [2.45, 2.75) is 17.8 Å². The summed E-state index contributed by atoms with van der Waals surface area (Å²) in [6, 6.07) is 7.62. The van der Waals surface area contributed by atoms with Gasteiger partial charge in [-0.15, -0.1) is 0 Å². The third-order valence-electron chi connectivity index (χ3n) is 2.24. The molecule has 17 heavy (non-hydrogen) atoms. The van der Waals surface area contributed by atoms with Gasteiger partial charge >= 0.3 is 0 Å². The Labute approximate surface area is 108 Å². The number of benzene rings is 1. The van der Waals surface area contributed by atoms with Gasteiger partial charge < -0.3 is 4.98 Å². The number of nitrogens with one attached hydrogen (secondary N) is 1. The molecule has 1 aromatic carbocycles. The second-order valence-corrected chi connectivity index (χ2v) is 5.02. The van der Waals surface area contributed by atoms with Crippen molar-refractivity contribution in [1.29, 1.82) is 0 Å². The van der Waals surface area contributed by atoms with E-state index in [1.165, 1.54) is 11.8 Å². The number of hydrogen-bond donors (Lipinski definition) is 1. The number of halogens is 1. The molecule has 1 N–H and O–H groups in total. The summed E-state index contributed by atoms with van der Waals surface area (Å²) < 4.78 is 0. The summed E-state index contributed by atoms with van der Waals surface area (Å²) in [5.74, 6) is 0.753. The van der Waals surface area contributed by atoms with Gasteiger partial charge in [-0.2, -0.15) is 0 Å². The summed E-state index contributed by atoms with van der Waals surface area (Å²) in [6.45, 7) is 1.74. The Hall–Kier alpha value is -1.26. The van der Waals surface area contributed by atoms with Crippen molar-refractivity contribution < 1.29 is 0 Å². The van der Waals surface area contributed by atoms with Crippen molar-refractivity contribution in [1.82, 2.24) is 9.97 Å². The van der Waals surface area contributed by atoms with Crippen LogP contribution in [0, 0.1) is 6.92 Å². The van der Waals surface area contributed by atoms with E-state index in [2.05, 4.69) is 9.97 Å². The van der Waals surface area contributed by atoms with Crippen LogP contribution >= 0.6 is 23.4 Å². The van der Waals surface area contributed by atoms with E-state index in [4.69, 9.17) is 11.6 Å². The van der Waals surface area contributed by atoms with Crippen molar-refractivity contribution in [2.75, 3.05) is 0 Å². The van der Waals surface area contributed by atoms with Crippen LogP contribution in [0.2, 0.25) is 5.02 Å². The van der Waals surface area contributed by atoms with Crippen LogP contribution in [0.5, 0.6) is 0 Å². The first-order valence-electron chi connectivity index (χ1n) is 5.08. The molecule has 0 aliphatic heterocycles. The first-order valence-corrected chi connectivity index (χ1v) is 6.44. The van der Waals surface area contributed by atoms with E-state index < -0.39 is 0 Å². The summed E-state index contributed by atoms with van der Waals surface area (Å²) >= 11 is 7.29. The van der Waals surface area contributed by atoms with Crippen LogP contribution in [-0.4, -0.2) is 9.97 Å². The molecule has 0 atom stereocenters. The highest BCUT2D eigenvalue weighted by Gasteiger charge is 2.00. The summed E-state index contributed by atoms with van der Waals surface area (Å²) in [5.41, 5.74) is 1.68. The lowest BCUT2D eigenvalue weighted by Crippen LogP contribution is -2.10. The minimum absolute atomic E-state index is 0.0846. The maximum Gasteiger partial charge on any atom is 0.254 e. The monoisotopic (exact) mass is 266 g/mol. The second kappa shape index (κ2) is 5.38. The summed E-state index contributed by atoms with van der Waals surface area (Å²) in [7, 11) is 0. The molecule has 0 fully saturated rings. The molecule has 2 rings (SSSR count). The third kappa shape index (κ3) is 3.35. The lowest BCUT2D eigenvalue weighted by Gasteiger charge is -2.01. The highest BCUT2D eigenvalue weighted by Crippen LogP contribution is 2.19. The first-order chi connectivity index (χ1) is 8.15. The molecule has 0 unspecified atom stereocenters. The second-order valence-electron chi connectivity index (χ2n) is 3.62. The molecular formula is C12H11ClN2OS. The van der Waals surface area contributed by atoms with E-state index in [-0.39, 0.29) is 5.56 Å². The van der Waals surface area contributed by atoms with Crippen LogP contribution in [0.3, 0.4) is 0 Å². The van der Waals surface area contributed by atoms with Gasteiger partial charge in [-0.1, -0.05) is 35.5 Å². The molecule has 88 valence electrons. The van der Waals surface area contributed by atoms with Crippen molar-refractivity contribution in [2.24, 2.45) is 0 Å². The summed E-state index contributed by atoms with van der Waals surface area (Å²) in [6.07, 6.45) is 1.59. The molecule has 0 saturated heterocycles. The fourth-order valence-electron chi connectivity index (χ4n) is 1.25. The van der Waals surface area contributed by atoms with Crippen molar-refractivity contribution in [3.8, 4) is 0 Å².